The molecule has 1 aromatic carbocycles. The summed E-state index contributed by atoms with van der Waals surface area (Å²) in [6.45, 7) is 2.52. The lowest BCUT2D eigenvalue weighted by Gasteiger charge is -2.07. The third-order valence-corrected chi connectivity index (χ3v) is 6.88. The van der Waals surface area contributed by atoms with Gasteiger partial charge in [0.2, 0.25) is 5.91 Å². The molecular weight excluding hydrogens is 424 g/mol. The summed E-state index contributed by atoms with van der Waals surface area (Å²) in [7, 11) is 1.76. The minimum atomic E-state index is -0.967. The predicted molar refractivity (Wildman–Crippen MR) is 141 cm³/mol. The fraction of sp³-hybridized carbons (Fsp3) is 0.655. The minimum absolute atomic E-state index is 0.000956. The number of fused-ring (bicyclic) bond motifs is 1. The fourth-order valence-electron chi connectivity index (χ4n) is 4.86. The highest BCUT2D eigenvalue weighted by Gasteiger charge is 2.20. The van der Waals surface area contributed by atoms with E-state index in [1.165, 1.54) is 83.5 Å². The number of hydrogen-bond acceptors (Lipinski definition) is 2. The van der Waals surface area contributed by atoms with Crippen LogP contribution in [-0.4, -0.2) is 21.6 Å². The molecule has 5 nitrogen and oxygen atoms in total. The van der Waals surface area contributed by atoms with E-state index in [2.05, 4.69) is 12.2 Å². The molecule has 1 heterocycles. The van der Waals surface area contributed by atoms with Crippen molar-refractivity contribution in [2.24, 2.45) is 7.05 Å². The molecule has 0 aliphatic rings. The Kier molecular flexibility index (Phi) is 13.4. The summed E-state index contributed by atoms with van der Waals surface area (Å²) in [4.78, 5) is 24.1. The number of para-hydroxylation sites is 1. The fourth-order valence-corrected chi connectivity index (χ4v) is 4.86. The van der Waals surface area contributed by atoms with Gasteiger partial charge in [0.1, 0.15) is 5.69 Å². The first-order chi connectivity index (χ1) is 16.6. The van der Waals surface area contributed by atoms with Crippen molar-refractivity contribution in [1.82, 2.24) is 9.88 Å². The van der Waals surface area contributed by atoms with Crippen LogP contribution in [0.15, 0.2) is 24.3 Å². The topological polar surface area (TPSA) is 71.3 Å². The Morgan fingerprint density at radius 1 is 0.794 bits per heavy atom. The predicted octanol–water partition coefficient (Wildman–Crippen LogP) is 7.75. The van der Waals surface area contributed by atoms with Crippen LogP contribution in [0.3, 0.4) is 0 Å². The van der Waals surface area contributed by atoms with E-state index in [4.69, 9.17) is 0 Å². The van der Waals surface area contributed by atoms with Gasteiger partial charge in [-0.05, 0) is 12.5 Å². The highest BCUT2D eigenvalue weighted by Crippen LogP contribution is 2.25. The molecule has 190 valence electrons. The normalized spacial score (nSPS) is 11.2. The Bertz CT molecular complexity index is 872. The molecule has 1 amide bonds. The Balaban J connectivity index is 1.52. The molecule has 2 aromatic rings. The van der Waals surface area contributed by atoms with E-state index in [0.29, 0.717) is 12.0 Å². The Hall–Kier alpha value is -2.30. The second-order valence-electron chi connectivity index (χ2n) is 9.68. The van der Waals surface area contributed by atoms with E-state index >= 15 is 0 Å². The van der Waals surface area contributed by atoms with E-state index in [-0.39, 0.29) is 18.1 Å². The van der Waals surface area contributed by atoms with Crippen LogP contribution < -0.4 is 5.32 Å². The molecule has 5 heteroatoms. The number of aromatic carboxylic acids is 1. The molecule has 1 aromatic heterocycles. The van der Waals surface area contributed by atoms with Gasteiger partial charge in [0.05, 0.1) is 0 Å². The summed E-state index contributed by atoms with van der Waals surface area (Å²) in [6, 6.07) is 7.61. The standard InChI is InChI=1S/C29H46N2O3/c1-3-4-5-6-7-8-9-10-11-12-13-14-15-16-17-22-27(32)30-23-25-24-20-18-19-21-26(24)31(2)28(25)29(33)34/h18-21H,3-17,22-23H2,1-2H3,(H,30,32)(H,33,34). The summed E-state index contributed by atoms with van der Waals surface area (Å²) in [5.74, 6) is -0.968. The van der Waals surface area contributed by atoms with Crippen molar-refractivity contribution >= 4 is 22.8 Å². The molecule has 0 atom stereocenters. The number of amides is 1. The van der Waals surface area contributed by atoms with Crippen LogP contribution in [0.4, 0.5) is 0 Å². The van der Waals surface area contributed by atoms with Gasteiger partial charge in [-0.1, -0.05) is 115 Å². The maximum Gasteiger partial charge on any atom is 0.352 e. The van der Waals surface area contributed by atoms with Crippen molar-refractivity contribution < 1.29 is 14.7 Å². The molecule has 34 heavy (non-hydrogen) atoms. The average Bonchev–Trinajstić information content (AvgIpc) is 3.12. The van der Waals surface area contributed by atoms with Crippen LogP contribution in [0.2, 0.25) is 0 Å². The van der Waals surface area contributed by atoms with E-state index in [1.54, 1.807) is 11.6 Å². The number of benzene rings is 1. The van der Waals surface area contributed by atoms with Gasteiger partial charge < -0.3 is 15.0 Å². The van der Waals surface area contributed by atoms with Crippen LogP contribution in [0, 0.1) is 0 Å². The number of carboxylic acids is 1. The zero-order valence-corrected chi connectivity index (χ0v) is 21.5. The third-order valence-electron chi connectivity index (χ3n) is 6.88. The molecule has 0 saturated heterocycles. The molecule has 0 unspecified atom stereocenters. The average molecular weight is 471 g/mol. The number of carbonyl (C=O) groups is 2. The highest BCUT2D eigenvalue weighted by molar-refractivity contribution is 5.98. The lowest BCUT2D eigenvalue weighted by atomic mass is 10.0. The lowest BCUT2D eigenvalue weighted by Crippen LogP contribution is -2.23. The molecule has 0 fully saturated rings. The SMILES string of the molecule is CCCCCCCCCCCCCCCCCC(=O)NCc1c(C(=O)O)n(C)c2ccccc12. The summed E-state index contributed by atoms with van der Waals surface area (Å²) < 4.78 is 1.69. The molecule has 0 spiro atoms. The van der Waals surface area contributed by atoms with E-state index in [9.17, 15) is 14.7 Å². The first kappa shape index (κ1) is 27.9. The number of carboxylic acid groups (broad SMARTS) is 1. The second kappa shape index (κ2) is 16.3. The summed E-state index contributed by atoms with van der Waals surface area (Å²) in [5, 5.41) is 13.4. The highest BCUT2D eigenvalue weighted by atomic mass is 16.4. The van der Waals surface area contributed by atoms with Gasteiger partial charge >= 0.3 is 5.97 Å². The van der Waals surface area contributed by atoms with Gasteiger partial charge in [-0.25, -0.2) is 4.79 Å². The van der Waals surface area contributed by atoms with Crippen LogP contribution in [0.25, 0.3) is 10.9 Å². The maximum absolute atomic E-state index is 12.3. The van der Waals surface area contributed by atoms with Gasteiger partial charge in [0.15, 0.2) is 0 Å². The van der Waals surface area contributed by atoms with E-state index in [0.717, 1.165) is 23.7 Å². The molecular formula is C29H46N2O3. The number of carbonyl (C=O) groups excluding carboxylic acids is 1. The molecule has 0 radical (unpaired) electrons. The zero-order chi connectivity index (χ0) is 24.6. The van der Waals surface area contributed by atoms with Crippen molar-refractivity contribution in [3.63, 3.8) is 0 Å². The van der Waals surface area contributed by atoms with Crippen LogP contribution in [-0.2, 0) is 18.4 Å². The molecule has 2 rings (SSSR count). The smallest absolute Gasteiger partial charge is 0.352 e. The molecule has 0 saturated carbocycles. The lowest BCUT2D eigenvalue weighted by molar-refractivity contribution is -0.121. The van der Waals surface area contributed by atoms with E-state index < -0.39 is 5.97 Å². The van der Waals surface area contributed by atoms with Gasteiger partial charge in [-0.2, -0.15) is 0 Å². The molecule has 0 aliphatic carbocycles. The van der Waals surface area contributed by atoms with Crippen molar-refractivity contribution in [2.45, 2.75) is 116 Å². The summed E-state index contributed by atoms with van der Waals surface area (Å²) in [5.41, 5.74) is 1.79. The van der Waals surface area contributed by atoms with Crippen molar-refractivity contribution in [3.05, 3.63) is 35.5 Å². The van der Waals surface area contributed by atoms with Crippen LogP contribution >= 0.6 is 0 Å². The maximum atomic E-state index is 12.3. The first-order valence-electron chi connectivity index (χ1n) is 13.6. The number of aromatic nitrogens is 1. The Morgan fingerprint density at radius 3 is 1.82 bits per heavy atom. The van der Waals surface area contributed by atoms with Gasteiger partial charge in [-0.15, -0.1) is 0 Å². The first-order valence-corrected chi connectivity index (χ1v) is 13.6. The van der Waals surface area contributed by atoms with Crippen LogP contribution in [0.5, 0.6) is 0 Å². The van der Waals surface area contributed by atoms with Crippen LogP contribution in [0.1, 0.15) is 126 Å². The number of rotatable bonds is 19. The molecule has 2 N–H and O–H groups in total. The Labute approximate surface area is 206 Å². The monoisotopic (exact) mass is 470 g/mol. The number of aryl methyl sites for hydroxylation is 1. The van der Waals surface area contributed by atoms with Crippen molar-refractivity contribution in [3.8, 4) is 0 Å². The third kappa shape index (κ3) is 9.52. The van der Waals surface area contributed by atoms with Crippen molar-refractivity contribution in [2.75, 3.05) is 0 Å². The zero-order valence-electron chi connectivity index (χ0n) is 21.5. The van der Waals surface area contributed by atoms with Gasteiger partial charge in [0, 0.05) is 36.5 Å². The number of nitrogens with zero attached hydrogens (tertiary/aromatic N) is 1. The number of unbranched alkanes of at least 4 members (excludes halogenated alkanes) is 14. The number of nitrogens with one attached hydrogen (secondary N) is 1. The second-order valence-corrected chi connectivity index (χ2v) is 9.68. The quantitative estimate of drug-likeness (QED) is 0.206. The van der Waals surface area contributed by atoms with Gasteiger partial charge in [0.25, 0.3) is 0 Å². The largest absolute Gasteiger partial charge is 0.477 e. The summed E-state index contributed by atoms with van der Waals surface area (Å²) >= 11 is 0. The molecule has 0 aliphatic heterocycles. The van der Waals surface area contributed by atoms with Crippen molar-refractivity contribution in [1.29, 1.82) is 0 Å². The van der Waals surface area contributed by atoms with E-state index in [1.807, 2.05) is 24.3 Å². The van der Waals surface area contributed by atoms with Gasteiger partial charge in [-0.3, -0.25) is 4.79 Å². The minimum Gasteiger partial charge on any atom is -0.477 e. The number of hydrogen-bond donors (Lipinski definition) is 2. The Morgan fingerprint density at radius 2 is 1.29 bits per heavy atom. The summed E-state index contributed by atoms with van der Waals surface area (Å²) in [6.07, 6.45) is 20.1. The molecule has 0 bridgehead atoms.